The summed E-state index contributed by atoms with van der Waals surface area (Å²) in [6, 6.07) is 22.9. The van der Waals surface area contributed by atoms with Crippen LogP contribution in [0.5, 0.6) is 5.75 Å². The van der Waals surface area contributed by atoms with Crippen LogP contribution in [0.1, 0.15) is 31.7 Å². The lowest BCUT2D eigenvalue weighted by Crippen LogP contribution is -2.20. The highest BCUT2D eigenvalue weighted by atomic mass is 16.5. The number of aromatic nitrogens is 1. The maximum Gasteiger partial charge on any atom is 0.262 e. The minimum absolute atomic E-state index is 0.0597. The van der Waals surface area contributed by atoms with E-state index in [4.69, 9.17) is 9.15 Å². The molecule has 1 N–H and O–H groups in total. The smallest absolute Gasteiger partial charge is 0.262 e. The molecular weight excluding hydrogens is 376 g/mol. The Morgan fingerprint density at radius 2 is 1.87 bits per heavy atom. The highest BCUT2D eigenvalue weighted by Gasteiger charge is 2.10. The molecule has 4 rings (SSSR count). The van der Waals surface area contributed by atoms with Crippen molar-refractivity contribution in [2.75, 3.05) is 11.9 Å². The Morgan fingerprint density at radius 1 is 1.07 bits per heavy atom. The molecule has 0 aliphatic heterocycles. The van der Waals surface area contributed by atoms with Gasteiger partial charge in [-0.05, 0) is 60.4 Å². The molecule has 152 valence electrons. The molecule has 0 fully saturated rings. The third-order valence-corrected chi connectivity index (χ3v) is 5.12. The van der Waals surface area contributed by atoms with E-state index < -0.39 is 0 Å². The van der Waals surface area contributed by atoms with Crippen molar-refractivity contribution in [2.45, 2.75) is 26.2 Å². The Hall–Kier alpha value is -3.60. The second kappa shape index (κ2) is 8.82. The monoisotopic (exact) mass is 400 g/mol. The van der Waals surface area contributed by atoms with Gasteiger partial charge in [-0.15, -0.1) is 0 Å². The van der Waals surface area contributed by atoms with Gasteiger partial charge in [0.15, 0.2) is 12.2 Å². The van der Waals surface area contributed by atoms with Crippen LogP contribution in [-0.4, -0.2) is 17.5 Å². The Balaban J connectivity index is 1.38. The number of nitrogens with zero attached hydrogens (tertiary/aromatic N) is 1. The first-order valence-corrected chi connectivity index (χ1v) is 10.1. The van der Waals surface area contributed by atoms with Gasteiger partial charge in [0, 0.05) is 11.3 Å². The molecule has 1 heterocycles. The van der Waals surface area contributed by atoms with Crippen LogP contribution in [0.25, 0.3) is 22.6 Å². The number of anilines is 1. The van der Waals surface area contributed by atoms with Crippen LogP contribution in [0.3, 0.4) is 0 Å². The zero-order valence-corrected chi connectivity index (χ0v) is 17.1. The number of carbonyl (C=O) groups excluding carboxylic acids is 1. The van der Waals surface area contributed by atoms with Crippen LogP contribution in [0.15, 0.2) is 77.2 Å². The van der Waals surface area contributed by atoms with Crippen molar-refractivity contribution in [1.82, 2.24) is 4.98 Å². The maximum absolute atomic E-state index is 12.3. The van der Waals surface area contributed by atoms with E-state index in [-0.39, 0.29) is 12.5 Å². The van der Waals surface area contributed by atoms with Crippen LogP contribution in [0.4, 0.5) is 5.69 Å². The lowest BCUT2D eigenvalue weighted by molar-refractivity contribution is -0.118. The first-order chi connectivity index (χ1) is 14.6. The van der Waals surface area contributed by atoms with Gasteiger partial charge in [-0.3, -0.25) is 4.79 Å². The second-order valence-electron chi connectivity index (χ2n) is 7.28. The van der Waals surface area contributed by atoms with Gasteiger partial charge in [0.2, 0.25) is 5.89 Å². The minimum atomic E-state index is -0.226. The van der Waals surface area contributed by atoms with Crippen LogP contribution in [0, 0.1) is 0 Å². The van der Waals surface area contributed by atoms with E-state index in [0.717, 1.165) is 23.1 Å². The molecule has 3 aromatic carbocycles. The normalized spacial score (nSPS) is 11.9. The number of benzene rings is 3. The SMILES string of the molecule is CC[C@@H](C)c1ccc(OCC(=O)Nc2cccc(-c3nc4ccccc4o3)c2)cc1. The van der Waals surface area contributed by atoms with Crippen molar-refractivity contribution in [3.63, 3.8) is 0 Å². The van der Waals surface area contributed by atoms with Crippen molar-refractivity contribution < 1.29 is 13.9 Å². The van der Waals surface area contributed by atoms with Gasteiger partial charge in [0.1, 0.15) is 11.3 Å². The molecule has 1 aromatic heterocycles. The van der Waals surface area contributed by atoms with Gasteiger partial charge >= 0.3 is 0 Å². The van der Waals surface area contributed by atoms with Crippen molar-refractivity contribution in [2.24, 2.45) is 0 Å². The summed E-state index contributed by atoms with van der Waals surface area (Å²) >= 11 is 0. The van der Waals surface area contributed by atoms with Crippen LogP contribution >= 0.6 is 0 Å². The molecule has 0 radical (unpaired) electrons. The number of oxazole rings is 1. The maximum atomic E-state index is 12.3. The average molecular weight is 400 g/mol. The summed E-state index contributed by atoms with van der Waals surface area (Å²) in [5.74, 6) is 1.48. The predicted molar refractivity (Wildman–Crippen MR) is 119 cm³/mol. The zero-order chi connectivity index (χ0) is 20.9. The summed E-state index contributed by atoms with van der Waals surface area (Å²) in [7, 11) is 0. The van der Waals surface area contributed by atoms with Gasteiger partial charge in [-0.2, -0.15) is 0 Å². The summed E-state index contributed by atoms with van der Waals surface area (Å²) in [5.41, 5.74) is 4.26. The van der Waals surface area contributed by atoms with E-state index in [1.165, 1.54) is 5.56 Å². The number of ether oxygens (including phenoxy) is 1. The molecule has 1 atom stereocenters. The lowest BCUT2D eigenvalue weighted by Gasteiger charge is -2.11. The van der Waals surface area contributed by atoms with Crippen molar-refractivity contribution in [3.05, 3.63) is 78.4 Å². The number of carbonyl (C=O) groups is 1. The molecule has 30 heavy (non-hydrogen) atoms. The summed E-state index contributed by atoms with van der Waals surface area (Å²) < 4.78 is 11.4. The lowest BCUT2D eigenvalue weighted by atomic mass is 9.99. The topological polar surface area (TPSA) is 64.4 Å². The number of para-hydroxylation sites is 2. The van der Waals surface area contributed by atoms with E-state index in [2.05, 4.69) is 24.1 Å². The largest absolute Gasteiger partial charge is 0.484 e. The number of rotatable bonds is 7. The van der Waals surface area contributed by atoms with E-state index in [1.54, 1.807) is 0 Å². The number of nitrogens with one attached hydrogen (secondary N) is 1. The van der Waals surface area contributed by atoms with Crippen LogP contribution in [-0.2, 0) is 4.79 Å². The summed E-state index contributed by atoms with van der Waals surface area (Å²) in [4.78, 5) is 16.8. The van der Waals surface area contributed by atoms with Crippen molar-refractivity contribution in [3.8, 4) is 17.2 Å². The third kappa shape index (κ3) is 4.51. The molecule has 0 aliphatic carbocycles. The standard InChI is InChI=1S/C25H24N2O3/c1-3-17(2)18-11-13-21(14-12-18)29-16-24(28)26-20-8-6-7-19(15-20)25-27-22-9-4-5-10-23(22)30-25/h4-15,17H,3,16H2,1-2H3,(H,26,28)/t17-/m1/s1. The molecule has 5 heteroatoms. The summed E-state index contributed by atoms with van der Waals surface area (Å²) in [6.45, 7) is 4.30. The highest BCUT2D eigenvalue weighted by molar-refractivity contribution is 5.92. The molecule has 0 unspecified atom stereocenters. The van der Waals surface area contributed by atoms with Gasteiger partial charge < -0.3 is 14.5 Å². The Kier molecular flexibility index (Phi) is 5.80. The number of hydrogen-bond donors (Lipinski definition) is 1. The first-order valence-electron chi connectivity index (χ1n) is 10.1. The Labute approximate surface area is 175 Å². The van der Waals surface area contributed by atoms with Crippen molar-refractivity contribution in [1.29, 1.82) is 0 Å². The molecule has 5 nitrogen and oxygen atoms in total. The first kappa shape index (κ1) is 19.7. The molecule has 1 amide bonds. The fraction of sp³-hybridized carbons (Fsp3) is 0.200. The second-order valence-corrected chi connectivity index (χ2v) is 7.28. The van der Waals surface area contributed by atoms with E-state index in [1.807, 2.05) is 72.8 Å². The van der Waals surface area contributed by atoms with E-state index in [9.17, 15) is 4.79 Å². The number of hydrogen-bond acceptors (Lipinski definition) is 4. The van der Waals surface area contributed by atoms with Gasteiger partial charge in [-0.1, -0.05) is 44.2 Å². The van der Waals surface area contributed by atoms with Gasteiger partial charge in [0.05, 0.1) is 0 Å². The quantitative estimate of drug-likeness (QED) is 0.412. The third-order valence-electron chi connectivity index (χ3n) is 5.12. The molecular formula is C25H24N2O3. The average Bonchev–Trinajstić information content (AvgIpc) is 3.22. The fourth-order valence-electron chi connectivity index (χ4n) is 3.20. The number of amides is 1. The van der Waals surface area contributed by atoms with Crippen molar-refractivity contribution >= 4 is 22.7 Å². The Bertz CT molecular complexity index is 1120. The molecule has 0 saturated carbocycles. The fourth-order valence-corrected chi connectivity index (χ4v) is 3.20. The predicted octanol–water partition coefficient (Wildman–Crippen LogP) is 6.03. The minimum Gasteiger partial charge on any atom is -0.484 e. The van der Waals surface area contributed by atoms with Crippen LogP contribution < -0.4 is 10.1 Å². The van der Waals surface area contributed by atoms with E-state index in [0.29, 0.717) is 23.2 Å². The number of fused-ring (bicyclic) bond motifs is 1. The Morgan fingerprint density at radius 3 is 2.63 bits per heavy atom. The summed E-state index contributed by atoms with van der Waals surface area (Å²) in [6.07, 6.45) is 1.09. The van der Waals surface area contributed by atoms with E-state index >= 15 is 0 Å². The van der Waals surface area contributed by atoms with Gasteiger partial charge in [-0.25, -0.2) is 4.98 Å². The van der Waals surface area contributed by atoms with Crippen LogP contribution in [0.2, 0.25) is 0 Å². The molecule has 4 aromatic rings. The molecule has 0 bridgehead atoms. The highest BCUT2D eigenvalue weighted by Crippen LogP contribution is 2.26. The van der Waals surface area contributed by atoms with Gasteiger partial charge in [0.25, 0.3) is 5.91 Å². The zero-order valence-electron chi connectivity index (χ0n) is 17.1. The summed E-state index contributed by atoms with van der Waals surface area (Å²) in [5, 5.41) is 2.86. The molecule has 0 aliphatic rings. The molecule has 0 spiro atoms. The molecule has 0 saturated heterocycles.